The fourth-order valence-corrected chi connectivity index (χ4v) is 2.34. The van der Waals surface area contributed by atoms with Crippen LogP contribution in [-0.2, 0) is 0 Å². The zero-order chi connectivity index (χ0) is 13.0. The predicted molar refractivity (Wildman–Crippen MR) is 74.1 cm³/mol. The SMILES string of the molecule is CSCC(C)N(C)c1cccc(C(=O)O)c1N. The van der Waals surface area contributed by atoms with Gasteiger partial charge in [-0.15, -0.1) is 0 Å². The number of para-hydroxylation sites is 1. The number of anilines is 2. The molecule has 0 radical (unpaired) electrons. The van der Waals surface area contributed by atoms with E-state index in [4.69, 9.17) is 10.8 Å². The Morgan fingerprint density at radius 2 is 2.24 bits per heavy atom. The Labute approximate surface area is 106 Å². The summed E-state index contributed by atoms with van der Waals surface area (Å²) in [5.74, 6) is -0.0250. The van der Waals surface area contributed by atoms with Gasteiger partial charge in [0.1, 0.15) is 0 Å². The van der Waals surface area contributed by atoms with E-state index in [2.05, 4.69) is 6.92 Å². The molecule has 0 aliphatic heterocycles. The second-order valence-corrected chi connectivity index (χ2v) is 4.87. The molecule has 17 heavy (non-hydrogen) atoms. The van der Waals surface area contributed by atoms with Gasteiger partial charge in [0.15, 0.2) is 0 Å². The van der Waals surface area contributed by atoms with Crippen LogP contribution in [0.15, 0.2) is 18.2 Å². The van der Waals surface area contributed by atoms with E-state index < -0.39 is 5.97 Å². The lowest BCUT2D eigenvalue weighted by molar-refractivity contribution is 0.0698. The van der Waals surface area contributed by atoms with Crippen molar-refractivity contribution in [3.63, 3.8) is 0 Å². The maximum atomic E-state index is 11.0. The standard InChI is InChI=1S/C12H18N2O2S/c1-8(7-17-3)14(2)10-6-4-5-9(11(10)13)12(15)16/h4-6,8H,7,13H2,1-3H3,(H,15,16). The summed E-state index contributed by atoms with van der Waals surface area (Å²) in [7, 11) is 1.93. The van der Waals surface area contributed by atoms with Crippen molar-refractivity contribution < 1.29 is 9.90 Å². The minimum absolute atomic E-state index is 0.158. The van der Waals surface area contributed by atoms with Crippen LogP contribution in [0.4, 0.5) is 11.4 Å². The number of aromatic carboxylic acids is 1. The van der Waals surface area contributed by atoms with E-state index in [1.54, 1.807) is 17.8 Å². The summed E-state index contributed by atoms with van der Waals surface area (Å²) >= 11 is 1.75. The Bertz CT molecular complexity index is 409. The summed E-state index contributed by atoms with van der Waals surface area (Å²) in [6, 6.07) is 5.39. The van der Waals surface area contributed by atoms with Crippen molar-refractivity contribution in [2.24, 2.45) is 0 Å². The van der Waals surface area contributed by atoms with Crippen LogP contribution in [0, 0.1) is 0 Å². The van der Waals surface area contributed by atoms with E-state index >= 15 is 0 Å². The predicted octanol–water partition coefficient (Wildman–Crippen LogP) is 2.15. The van der Waals surface area contributed by atoms with Crippen molar-refractivity contribution in [1.82, 2.24) is 0 Å². The first-order valence-electron chi connectivity index (χ1n) is 5.32. The molecule has 1 rings (SSSR count). The van der Waals surface area contributed by atoms with Gasteiger partial charge < -0.3 is 15.7 Å². The van der Waals surface area contributed by atoms with Gasteiger partial charge in [0.05, 0.1) is 16.9 Å². The second kappa shape index (κ2) is 5.82. The molecule has 4 nitrogen and oxygen atoms in total. The van der Waals surface area contributed by atoms with E-state index in [0.29, 0.717) is 11.7 Å². The fourth-order valence-electron chi connectivity index (χ4n) is 1.64. The summed E-state index contributed by atoms with van der Waals surface area (Å²) in [6.07, 6.45) is 2.04. The van der Waals surface area contributed by atoms with Gasteiger partial charge in [0.25, 0.3) is 0 Å². The van der Waals surface area contributed by atoms with Crippen molar-refractivity contribution in [3.8, 4) is 0 Å². The average Bonchev–Trinajstić information content (AvgIpc) is 2.28. The first-order valence-corrected chi connectivity index (χ1v) is 6.72. The van der Waals surface area contributed by atoms with Gasteiger partial charge in [0.2, 0.25) is 0 Å². The first-order chi connectivity index (χ1) is 7.99. The monoisotopic (exact) mass is 254 g/mol. The average molecular weight is 254 g/mol. The molecule has 0 heterocycles. The number of carboxylic acids is 1. The molecule has 94 valence electrons. The topological polar surface area (TPSA) is 66.6 Å². The van der Waals surface area contributed by atoms with Crippen molar-refractivity contribution in [2.45, 2.75) is 13.0 Å². The molecule has 3 N–H and O–H groups in total. The Balaban J connectivity index is 3.06. The number of rotatable bonds is 5. The number of nitrogens with two attached hydrogens (primary N) is 1. The Kier molecular flexibility index (Phi) is 4.69. The lowest BCUT2D eigenvalue weighted by atomic mass is 10.1. The summed E-state index contributed by atoms with van der Waals surface area (Å²) in [4.78, 5) is 13.0. The number of carbonyl (C=O) groups is 1. The molecule has 1 atom stereocenters. The molecule has 0 aromatic heterocycles. The third-order valence-electron chi connectivity index (χ3n) is 2.76. The molecule has 1 aromatic rings. The fraction of sp³-hybridized carbons (Fsp3) is 0.417. The highest BCUT2D eigenvalue weighted by Gasteiger charge is 2.16. The van der Waals surface area contributed by atoms with Crippen LogP contribution >= 0.6 is 11.8 Å². The summed E-state index contributed by atoms with van der Waals surface area (Å²) < 4.78 is 0. The van der Waals surface area contributed by atoms with Gasteiger partial charge in [0, 0.05) is 18.8 Å². The van der Waals surface area contributed by atoms with Gasteiger partial charge in [-0.25, -0.2) is 4.79 Å². The van der Waals surface area contributed by atoms with Gasteiger partial charge in [-0.05, 0) is 25.3 Å². The van der Waals surface area contributed by atoms with E-state index in [0.717, 1.165) is 11.4 Å². The molecule has 0 fully saturated rings. The Morgan fingerprint density at radius 3 is 2.76 bits per heavy atom. The number of hydrogen-bond acceptors (Lipinski definition) is 4. The molecule has 0 bridgehead atoms. The molecular formula is C12H18N2O2S. The summed E-state index contributed by atoms with van der Waals surface area (Å²) in [5.41, 5.74) is 7.15. The largest absolute Gasteiger partial charge is 0.478 e. The van der Waals surface area contributed by atoms with Crippen LogP contribution in [0.1, 0.15) is 17.3 Å². The van der Waals surface area contributed by atoms with Crippen molar-refractivity contribution in [2.75, 3.05) is 29.7 Å². The highest BCUT2D eigenvalue weighted by atomic mass is 32.2. The highest BCUT2D eigenvalue weighted by Crippen LogP contribution is 2.27. The molecule has 5 heteroatoms. The summed E-state index contributed by atoms with van der Waals surface area (Å²) in [6.45, 7) is 2.09. The number of nitrogen functional groups attached to an aromatic ring is 1. The van der Waals surface area contributed by atoms with E-state index in [1.807, 2.05) is 24.3 Å². The number of nitrogens with zero attached hydrogens (tertiary/aromatic N) is 1. The van der Waals surface area contributed by atoms with Crippen molar-refractivity contribution >= 4 is 29.1 Å². The molecule has 1 unspecified atom stereocenters. The summed E-state index contributed by atoms with van der Waals surface area (Å²) in [5, 5.41) is 9.01. The van der Waals surface area contributed by atoms with Crippen molar-refractivity contribution in [3.05, 3.63) is 23.8 Å². The van der Waals surface area contributed by atoms with Crippen LogP contribution in [-0.4, -0.2) is 36.2 Å². The van der Waals surface area contributed by atoms with Crippen LogP contribution in [0.2, 0.25) is 0 Å². The van der Waals surface area contributed by atoms with E-state index in [1.165, 1.54) is 6.07 Å². The Hall–Kier alpha value is -1.36. The third-order valence-corrected chi connectivity index (χ3v) is 3.58. The second-order valence-electron chi connectivity index (χ2n) is 3.96. The minimum atomic E-state index is -0.990. The normalized spacial score (nSPS) is 12.2. The molecule has 0 saturated carbocycles. The molecule has 1 aromatic carbocycles. The maximum absolute atomic E-state index is 11.0. The first kappa shape index (κ1) is 13.7. The van der Waals surface area contributed by atoms with E-state index in [9.17, 15) is 4.79 Å². The molecule has 0 amide bonds. The number of benzene rings is 1. The number of carboxylic acid groups (broad SMARTS) is 1. The third kappa shape index (κ3) is 3.06. The molecule has 0 aliphatic rings. The molecule has 0 spiro atoms. The van der Waals surface area contributed by atoms with Gasteiger partial charge >= 0.3 is 5.97 Å². The van der Waals surface area contributed by atoms with E-state index in [-0.39, 0.29) is 5.56 Å². The van der Waals surface area contributed by atoms with Gasteiger partial charge in [-0.3, -0.25) is 0 Å². The maximum Gasteiger partial charge on any atom is 0.337 e. The van der Waals surface area contributed by atoms with Crippen LogP contribution < -0.4 is 10.6 Å². The Morgan fingerprint density at radius 1 is 1.59 bits per heavy atom. The van der Waals surface area contributed by atoms with Crippen molar-refractivity contribution in [1.29, 1.82) is 0 Å². The lowest BCUT2D eigenvalue weighted by Gasteiger charge is -2.28. The number of thioether (sulfide) groups is 1. The van der Waals surface area contributed by atoms with Crippen LogP contribution in [0.25, 0.3) is 0 Å². The highest BCUT2D eigenvalue weighted by molar-refractivity contribution is 7.98. The minimum Gasteiger partial charge on any atom is -0.478 e. The molecular weight excluding hydrogens is 236 g/mol. The van der Waals surface area contributed by atoms with Crippen LogP contribution in [0.3, 0.4) is 0 Å². The molecule has 0 aliphatic carbocycles. The van der Waals surface area contributed by atoms with Crippen LogP contribution in [0.5, 0.6) is 0 Å². The van der Waals surface area contributed by atoms with Gasteiger partial charge in [-0.2, -0.15) is 11.8 Å². The quantitative estimate of drug-likeness (QED) is 0.788. The smallest absolute Gasteiger partial charge is 0.337 e. The van der Waals surface area contributed by atoms with Gasteiger partial charge in [-0.1, -0.05) is 6.07 Å². The lowest BCUT2D eigenvalue weighted by Crippen LogP contribution is -2.31. The number of hydrogen-bond donors (Lipinski definition) is 2. The zero-order valence-electron chi connectivity index (χ0n) is 10.3. The zero-order valence-corrected chi connectivity index (χ0v) is 11.1. The molecule has 0 saturated heterocycles.